The van der Waals surface area contributed by atoms with Crippen molar-refractivity contribution in [3.05, 3.63) is 30.3 Å². The van der Waals surface area contributed by atoms with E-state index in [9.17, 15) is 14.0 Å². The molecule has 1 aliphatic heterocycles. The lowest BCUT2D eigenvalue weighted by Crippen LogP contribution is -2.27. The Kier molecular flexibility index (Phi) is 2.64. The molecule has 1 saturated heterocycles. The van der Waals surface area contributed by atoms with E-state index < -0.39 is 33.2 Å². The summed E-state index contributed by atoms with van der Waals surface area (Å²) in [5, 5.41) is 0.955. The van der Waals surface area contributed by atoms with Crippen LogP contribution in [0.3, 0.4) is 0 Å². The van der Waals surface area contributed by atoms with Crippen LogP contribution in [-0.4, -0.2) is 27.6 Å². The van der Waals surface area contributed by atoms with Gasteiger partial charge in [0.15, 0.2) is 0 Å². The molecule has 0 spiro atoms. The molecule has 1 fully saturated rings. The second kappa shape index (κ2) is 3.94. The molecule has 0 bridgehead atoms. The fraction of sp³-hybridized carbons (Fsp3) is 0.200. The lowest BCUT2D eigenvalue weighted by molar-refractivity contribution is -0.153. The summed E-state index contributed by atoms with van der Waals surface area (Å²) in [6.07, 6.45) is -1.76. The third kappa shape index (κ3) is 1.97. The van der Waals surface area contributed by atoms with Crippen molar-refractivity contribution in [3.63, 3.8) is 0 Å². The van der Waals surface area contributed by atoms with E-state index in [1.807, 2.05) is 30.3 Å². The van der Waals surface area contributed by atoms with Gasteiger partial charge in [-0.2, -0.15) is 0 Å². The first-order valence-electron chi connectivity index (χ1n) is 4.62. The van der Waals surface area contributed by atoms with Crippen LogP contribution in [0.15, 0.2) is 30.3 Å². The fourth-order valence-corrected chi connectivity index (χ4v) is 3.27. The number of esters is 2. The zero-order valence-corrected chi connectivity index (χ0v) is 9.27. The van der Waals surface area contributed by atoms with E-state index in [2.05, 4.69) is 4.74 Å². The Morgan fingerprint density at radius 2 is 1.80 bits per heavy atom. The molecule has 0 N–H and O–H groups in total. The van der Waals surface area contributed by atoms with Gasteiger partial charge in [-0.15, -0.1) is 0 Å². The van der Waals surface area contributed by atoms with Crippen molar-refractivity contribution in [2.75, 3.05) is 0 Å². The molecule has 2 unspecified atom stereocenters. The number of carbonyl (C=O) groups excluding carboxylic acids is 2. The van der Waals surface area contributed by atoms with Crippen LogP contribution < -0.4 is 5.19 Å². The van der Waals surface area contributed by atoms with Crippen LogP contribution in [0.2, 0.25) is 5.54 Å². The smallest absolute Gasteiger partial charge is 0.348 e. The van der Waals surface area contributed by atoms with E-state index in [4.69, 9.17) is 0 Å². The van der Waals surface area contributed by atoms with Crippen LogP contribution in [0.25, 0.3) is 0 Å². The lowest BCUT2D eigenvalue weighted by Gasteiger charge is -2.05. The highest BCUT2D eigenvalue weighted by Gasteiger charge is 2.44. The van der Waals surface area contributed by atoms with Crippen LogP contribution in [0.5, 0.6) is 0 Å². The Hall–Kier alpha value is -1.49. The topological polar surface area (TPSA) is 43.4 Å². The molecule has 1 heterocycles. The molecule has 1 aromatic carbocycles. The van der Waals surface area contributed by atoms with Gasteiger partial charge >= 0.3 is 11.9 Å². The van der Waals surface area contributed by atoms with Crippen molar-refractivity contribution in [2.24, 2.45) is 0 Å². The number of alkyl halides is 1. The molecule has 0 aliphatic carbocycles. The summed E-state index contributed by atoms with van der Waals surface area (Å²) in [5.41, 5.74) is -0.847. The fourth-order valence-electron chi connectivity index (χ4n) is 1.57. The van der Waals surface area contributed by atoms with Crippen LogP contribution in [0.4, 0.5) is 4.39 Å². The first-order chi connectivity index (χ1) is 7.18. The van der Waals surface area contributed by atoms with E-state index in [-0.39, 0.29) is 0 Å². The second-order valence-electron chi connectivity index (χ2n) is 3.44. The molecule has 5 heteroatoms. The van der Waals surface area contributed by atoms with Crippen molar-refractivity contribution >= 4 is 26.6 Å². The highest BCUT2D eigenvalue weighted by molar-refractivity contribution is 6.60. The summed E-state index contributed by atoms with van der Waals surface area (Å²) in [5.74, 6) is -1.74. The van der Waals surface area contributed by atoms with Crippen molar-refractivity contribution in [1.82, 2.24) is 0 Å². The Balaban J connectivity index is 2.13. The molecule has 78 valence electrons. The second-order valence-corrected chi connectivity index (χ2v) is 5.54. The molecule has 15 heavy (non-hydrogen) atoms. The molecule has 0 saturated carbocycles. The van der Waals surface area contributed by atoms with Gasteiger partial charge in [-0.1, -0.05) is 35.5 Å². The van der Waals surface area contributed by atoms with E-state index >= 15 is 0 Å². The van der Waals surface area contributed by atoms with Gasteiger partial charge in [-0.3, -0.25) is 4.79 Å². The summed E-state index contributed by atoms with van der Waals surface area (Å²) in [4.78, 5) is 21.9. The Morgan fingerprint density at radius 3 is 2.33 bits per heavy atom. The SMILES string of the molecule is O=C1OC(=O)C([SiH2]c2ccccc2)C1F. The van der Waals surface area contributed by atoms with E-state index in [1.165, 1.54) is 0 Å². The van der Waals surface area contributed by atoms with E-state index in [1.54, 1.807) is 0 Å². The minimum atomic E-state index is -1.76. The molecule has 3 nitrogen and oxygen atoms in total. The molecule has 0 aromatic heterocycles. The van der Waals surface area contributed by atoms with Gasteiger partial charge in [-0.25, -0.2) is 9.18 Å². The number of halogens is 1. The highest BCUT2D eigenvalue weighted by Crippen LogP contribution is 2.24. The van der Waals surface area contributed by atoms with Gasteiger partial charge in [0.05, 0.1) is 15.1 Å². The van der Waals surface area contributed by atoms with Crippen molar-refractivity contribution in [2.45, 2.75) is 11.7 Å². The van der Waals surface area contributed by atoms with E-state index in [0.717, 1.165) is 5.19 Å². The van der Waals surface area contributed by atoms with Crippen LogP contribution >= 0.6 is 0 Å². The quantitative estimate of drug-likeness (QED) is 0.393. The molecule has 1 aliphatic rings. The molecule has 2 atom stereocenters. The van der Waals surface area contributed by atoms with Gasteiger partial charge in [0.25, 0.3) is 0 Å². The molecular weight excluding hydrogens is 215 g/mol. The summed E-state index contributed by atoms with van der Waals surface area (Å²) < 4.78 is 17.5. The van der Waals surface area contributed by atoms with Crippen LogP contribution in [0.1, 0.15) is 0 Å². The van der Waals surface area contributed by atoms with Crippen molar-refractivity contribution in [3.8, 4) is 0 Å². The van der Waals surface area contributed by atoms with E-state index in [0.29, 0.717) is 0 Å². The first kappa shape index (κ1) is 10.0. The number of hydrogen-bond donors (Lipinski definition) is 0. The number of carbonyl (C=O) groups is 2. The molecular formula is C10H9FO3Si. The predicted octanol–water partition coefficient (Wildman–Crippen LogP) is -0.309. The zero-order chi connectivity index (χ0) is 10.8. The average molecular weight is 224 g/mol. The minimum Gasteiger partial charge on any atom is -0.391 e. The maximum atomic E-state index is 13.3. The molecule has 0 amide bonds. The minimum absolute atomic E-state index is 0.706. The number of rotatable bonds is 2. The molecule has 0 radical (unpaired) electrons. The maximum Gasteiger partial charge on any atom is 0.348 e. The van der Waals surface area contributed by atoms with Crippen molar-refractivity contribution < 1.29 is 18.7 Å². The number of ether oxygens (including phenoxy) is 1. The number of benzene rings is 1. The number of hydrogen-bond acceptors (Lipinski definition) is 3. The summed E-state index contributed by atoms with van der Waals surface area (Å²) in [6, 6.07) is 9.20. The standard InChI is InChI=1S/C10H9FO3Si/c11-7-8(10(13)14-9(7)12)15-6-4-2-1-3-5-6/h1-5,7-8H,15H2. The van der Waals surface area contributed by atoms with Gasteiger partial charge in [0.2, 0.25) is 6.17 Å². The first-order valence-corrected chi connectivity index (χ1v) is 6.14. The lowest BCUT2D eigenvalue weighted by atomic mass is 10.3. The summed E-state index contributed by atoms with van der Waals surface area (Å²) in [7, 11) is -1.13. The number of cyclic esters (lactones) is 2. The Bertz CT molecular complexity index is 393. The third-order valence-electron chi connectivity index (χ3n) is 2.38. The summed E-state index contributed by atoms with van der Waals surface area (Å²) >= 11 is 0. The molecule has 2 rings (SSSR count). The predicted molar refractivity (Wildman–Crippen MR) is 54.4 cm³/mol. The Labute approximate surface area is 88.1 Å². The van der Waals surface area contributed by atoms with Gasteiger partial charge in [0.1, 0.15) is 0 Å². The zero-order valence-electron chi connectivity index (χ0n) is 7.85. The highest BCUT2D eigenvalue weighted by atomic mass is 28.2. The third-order valence-corrected chi connectivity index (χ3v) is 4.51. The summed E-state index contributed by atoms with van der Waals surface area (Å²) in [6.45, 7) is 0. The van der Waals surface area contributed by atoms with Gasteiger partial charge in [-0.05, 0) is 0 Å². The molecule has 1 aromatic rings. The van der Waals surface area contributed by atoms with Gasteiger partial charge < -0.3 is 4.74 Å². The normalized spacial score (nSPS) is 26.2. The van der Waals surface area contributed by atoms with Crippen molar-refractivity contribution in [1.29, 1.82) is 0 Å². The largest absolute Gasteiger partial charge is 0.391 e. The maximum absolute atomic E-state index is 13.3. The van der Waals surface area contributed by atoms with Gasteiger partial charge in [0, 0.05) is 0 Å². The van der Waals surface area contributed by atoms with Crippen LogP contribution in [-0.2, 0) is 14.3 Å². The monoisotopic (exact) mass is 224 g/mol. The van der Waals surface area contributed by atoms with Crippen LogP contribution in [0, 0.1) is 0 Å². The average Bonchev–Trinajstić information content (AvgIpc) is 2.47. The Morgan fingerprint density at radius 1 is 1.13 bits per heavy atom.